The van der Waals surface area contributed by atoms with Gasteiger partial charge in [-0.25, -0.2) is 9.97 Å². The summed E-state index contributed by atoms with van der Waals surface area (Å²) in [4.78, 5) is 25.3. The first-order valence-electron chi connectivity index (χ1n) is 11.5. The molecule has 1 saturated heterocycles. The number of halogens is 1. The number of phenols is 1. The Balaban J connectivity index is 1.62. The molecule has 1 aromatic heterocycles. The maximum absolute atomic E-state index is 12.3. The smallest absolute Gasteiger partial charge is 0.246 e. The molecule has 2 aromatic carbocycles. The summed E-state index contributed by atoms with van der Waals surface area (Å²) in [7, 11) is 0. The zero-order chi connectivity index (χ0) is 24.5. The molecule has 2 aliphatic heterocycles. The number of carbonyl (C=O) groups excluding carboxylic acids is 1. The van der Waals surface area contributed by atoms with Crippen molar-refractivity contribution >= 4 is 34.2 Å². The molecule has 3 aromatic rings. The van der Waals surface area contributed by atoms with Crippen molar-refractivity contribution in [2.75, 3.05) is 31.1 Å². The van der Waals surface area contributed by atoms with Crippen molar-refractivity contribution in [3.8, 4) is 28.7 Å². The van der Waals surface area contributed by atoms with Crippen LogP contribution >= 0.6 is 11.6 Å². The van der Waals surface area contributed by atoms with Crippen LogP contribution in [0.15, 0.2) is 43.2 Å². The van der Waals surface area contributed by atoms with Crippen LogP contribution in [0.1, 0.15) is 18.4 Å². The minimum Gasteiger partial charge on any atom is -0.506 e. The molecule has 0 spiro atoms. The van der Waals surface area contributed by atoms with Gasteiger partial charge >= 0.3 is 0 Å². The summed E-state index contributed by atoms with van der Waals surface area (Å²) in [5.74, 6) is 1.35. The van der Waals surface area contributed by atoms with Crippen molar-refractivity contribution in [3.05, 3.63) is 53.8 Å². The molecule has 0 saturated carbocycles. The molecular weight excluding hydrogens is 466 g/mol. The third-order valence-electron chi connectivity index (χ3n) is 6.61. The lowest BCUT2D eigenvalue weighted by Crippen LogP contribution is -2.55. The molecule has 35 heavy (non-hydrogen) atoms. The van der Waals surface area contributed by atoms with Gasteiger partial charge in [-0.15, -0.1) is 0 Å². The monoisotopic (exact) mass is 489 g/mol. The summed E-state index contributed by atoms with van der Waals surface area (Å²) in [6.45, 7) is 5.70. The highest BCUT2D eigenvalue weighted by molar-refractivity contribution is 6.32. The second kappa shape index (κ2) is 9.43. The van der Waals surface area contributed by atoms with Crippen LogP contribution in [0.4, 0.5) is 5.82 Å². The first-order chi connectivity index (χ1) is 17.0. The molecule has 2 aliphatic rings. The first kappa shape index (κ1) is 22.9. The van der Waals surface area contributed by atoms with E-state index in [1.165, 1.54) is 12.4 Å². The number of amides is 1. The Morgan fingerprint density at radius 1 is 1.34 bits per heavy atom. The largest absolute Gasteiger partial charge is 0.506 e. The molecule has 5 rings (SSSR count). The van der Waals surface area contributed by atoms with Crippen molar-refractivity contribution in [1.29, 1.82) is 5.26 Å². The third-order valence-corrected chi connectivity index (χ3v) is 6.91. The van der Waals surface area contributed by atoms with Crippen molar-refractivity contribution in [1.82, 2.24) is 14.9 Å². The Morgan fingerprint density at radius 2 is 2.20 bits per heavy atom. The summed E-state index contributed by atoms with van der Waals surface area (Å²) in [5, 5.41) is 20.3. The highest BCUT2D eigenvalue weighted by atomic mass is 35.5. The number of aromatic hydroxyl groups is 1. The molecule has 8 nitrogen and oxygen atoms in total. The number of rotatable bonds is 4. The van der Waals surface area contributed by atoms with Crippen LogP contribution in [0, 0.1) is 11.3 Å². The predicted octanol–water partition coefficient (Wildman–Crippen LogP) is 4.10. The van der Waals surface area contributed by atoms with Crippen LogP contribution in [0.3, 0.4) is 0 Å². The first-order valence-corrected chi connectivity index (χ1v) is 11.9. The van der Waals surface area contributed by atoms with Gasteiger partial charge in [0.05, 0.1) is 41.1 Å². The minimum atomic E-state index is -0.264. The van der Waals surface area contributed by atoms with Gasteiger partial charge in [0.15, 0.2) is 0 Å². The molecule has 0 bridgehead atoms. The summed E-state index contributed by atoms with van der Waals surface area (Å²) in [6, 6.07) is 9.12. The molecule has 1 N–H and O–H groups in total. The fourth-order valence-electron chi connectivity index (χ4n) is 4.95. The third kappa shape index (κ3) is 4.13. The molecular formula is C26H24ClN5O3. The number of fused-ring (bicyclic) bond motifs is 3. The van der Waals surface area contributed by atoms with E-state index in [1.807, 2.05) is 12.1 Å². The van der Waals surface area contributed by atoms with Crippen LogP contribution in [0.5, 0.6) is 11.5 Å². The maximum atomic E-state index is 12.3. The van der Waals surface area contributed by atoms with Gasteiger partial charge < -0.3 is 19.6 Å². The van der Waals surface area contributed by atoms with Crippen molar-refractivity contribution < 1.29 is 14.6 Å². The number of hydrogen-bond donors (Lipinski definition) is 1. The van der Waals surface area contributed by atoms with Gasteiger partial charge in [-0.1, -0.05) is 24.2 Å². The lowest BCUT2D eigenvalue weighted by atomic mass is 9.92. The predicted molar refractivity (Wildman–Crippen MR) is 134 cm³/mol. The Hall–Kier alpha value is -3.83. The number of hydrogen-bond acceptors (Lipinski definition) is 7. The fraction of sp³-hybridized carbons (Fsp3) is 0.308. The van der Waals surface area contributed by atoms with E-state index < -0.39 is 0 Å². The molecule has 0 aliphatic carbocycles. The molecule has 0 radical (unpaired) electrons. The van der Waals surface area contributed by atoms with Gasteiger partial charge in [-0.2, -0.15) is 5.26 Å². The number of nitrogens with zero attached hydrogens (tertiary/aromatic N) is 5. The van der Waals surface area contributed by atoms with E-state index in [0.717, 1.165) is 52.0 Å². The lowest BCUT2D eigenvalue weighted by molar-refractivity contribution is -0.128. The zero-order valence-corrected chi connectivity index (χ0v) is 19.8. The van der Waals surface area contributed by atoms with E-state index in [0.29, 0.717) is 26.2 Å². The number of phenolic OH excluding ortho intramolecular Hbond substituents is 1. The van der Waals surface area contributed by atoms with Crippen molar-refractivity contribution in [2.24, 2.45) is 0 Å². The summed E-state index contributed by atoms with van der Waals surface area (Å²) >= 11 is 6.21. The van der Waals surface area contributed by atoms with Gasteiger partial charge in [0, 0.05) is 25.2 Å². The summed E-state index contributed by atoms with van der Waals surface area (Å²) in [6.07, 6.45) is 4.75. The van der Waals surface area contributed by atoms with E-state index >= 15 is 0 Å². The molecule has 178 valence electrons. The SMILES string of the molecule is C=CC(=O)N1CCN(c2ncnc3cc(-c4ccc(O)c(Cl)c4)c4c(c23)OCCC4)CC1CC#N. The molecule has 3 heterocycles. The van der Waals surface area contributed by atoms with Gasteiger partial charge in [0.1, 0.15) is 23.6 Å². The molecule has 9 heteroatoms. The standard InChI is InChI=1S/C26H24ClN5O3/c1-2-23(34)32-10-9-31(14-17(32)7-8-28)26-24-21(29-15-30-26)13-19(18-4-3-11-35-25(18)24)16-5-6-22(33)20(27)12-16/h2,5-6,12-13,15,17,33H,1,3-4,7,9-11,14H2. The number of piperazine rings is 1. The summed E-state index contributed by atoms with van der Waals surface area (Å²) in [5.41, 5.74) is 3.62. The highest BCUT2D eigenvalue weighted by Crippen LogP contribution is 2.44. The Labute approximate surface area is 208 Å². The minimum absolute atomic E-state index is 0.0342. The quantitative estimate of drug-likeness (QED) is 0.550. The van der Waals surface area contributed by atoms with Crippen LogP contribution < -0.4 is 9.64 Å². The fourth-order valence-corrected chi connectivity index (χ4v) is 5.13. The molecule has 1 amide bonds. The van der Waals surface area contributed by atoms with Crippen molar-refractivity contribution in [2.45, 2.75) is 25.3 Å². The Kier molecular flexibility index (Phi) is 6.18. The number of aromatic nitrogens is 2. The summed E-state index contributed by atoms with van der Waals surface area (Å²) < 4.78 is 6.22. The average molecular weight is 490 g/mol. The molecule has 1 fully saturated rings. The lowest BCUT2D eigenvalue weighted by Gasteiger charge is -2.41. The zero-order valence-electron chi connectivity index (χ0n) is 19.1. The average Bonchev–Trinajstić information content (AvgIpc) is 2.89. The maximum Gasteiger partial charge on any atom is 0.246 e. The van der Waals surface area contributed by atoms with Gasteiger partial charge in [0.25, 0.3) is 0 Å². The number of nitriles is 1. The van der Waals surface area contributed by atoms with Crippen LogP contribution in [0.2, 0.25) is 5.02 Å². The van der Waals surface area contributed by atoms with E-state index in [-0.39, 0.29) is 29.1 Å². The van der Waals surface area contributed by atoms with Gasteiger partial charge in [0.2, 0.25) is 5.91 Å². The topological polar surface area (TPSA) is 103 Å². The normalized spacial score (nSPS) is 17.4. The number of anilines is 1. The number of benzene rings is 2. The van der Waals surface area contributed by atoms with E-state index in [1.54, 1.807) is 17.0 Å². The van der Waals surface area contributed by atoms with Gasteiger partial charge in [-0.3, -0.25) is 4.79 Å². The molecule has 1 atom stereocenters. The van der Waals surface area contributed by atoms with Crippen LogP contribution in [0.25, 0.3) is 22.0 Å². The van der Waals surface area contributed by atoms with Crippen molar-refractivity contribution in [3.63, 3.8) is 0 Å². The second-order valence-corrected chi connectivity index (χ2v) is 9.05. The molecule has 1 unspecified atom stereocenters. The number of ether oxygens (including phenoxy) is 1. The number of carbonyl (C=O) groups is 1. The highest BCUT2D eigenvalue weighted by Gasteiger charge is 2.32. The van der Waals surface area contributed by atoms with E-state index in [4.69, 9.17) is 16.3 Å². The second-order valence-electron chi connectivity index (χ2n) is 8.64. The van der Waals surface area contributed by atoms with E-state index in [2.05, 4.69) is 27.5 Å². The van der Waals surface area contributed by atoms with Crippen LogP contribution in [-0.4, -0.2) is 58.2 Å². The Morgan fingerprint density at radius 3 is 2.97 bits per heavy atom. The van der Waals surface area contributed by atoms with Crippen LogP contribution in [-0.2, 0) is 11.2 Å². The van der Waals surface area contributed by atoms with Gasteiger partial charge in [-0.05, 0) is 48.2 Å². The Bertz CT molecular complexity index is 1370. The van der Waals surface area contributed by atoms with E-state index in [9.17, 15) is 15.2 Å².